The molecule has 16 heteroatoms. The summed E-state index contributed by atoms with van der Waals surface area (Å²) in [5.74, 6) is 3.21. The van der Waals surface area contributed by atoms with Gasteiger partial charge in [0.15, 0.2) is 5.12 Å². The zero-order valence-electron chi connectivity index (χ0n) is 20.8. The Morgan fingerprint density at radius 3 is 1.73 bits per heavy atom. The number of aliphatic hydroxyl groups excluding tert-OH is 2. The average molecular weight is 675 g/mol. The van der Waals surface area contributed by atoms with Crippen LogP contribution < -0.4 is 0 Å². The highest BCUT2D eigenvalue weighted by molar-refractivity contribution is 8.28. The van der Waals surface area contributed by atoms with Gasteiger partial charge in [0.25, 0.3) is 0 Å². The fraction of sp³-hybridized carbons (Fsp3) is 0.857. The van der Waals surface area contributed by atoms with Crippen molar-refractivity contribution in [3.8, 4) is 0 Å². The largest absolute Gasteiger partial charge is 0.463 e. The Balaban J connectivity index is 3.37. The van der Waals surface area contributed by atoms with Crippen LogP contribution in [0.2, 0.25) is 0 Å². The predicted octanol–water partition coefficient (Wildman–Crippen LogP) is 3.81. The Bertz CT molecular complexity index is 615. The Labute approximate surface area is 253 Å². The molecule has 0 rings (SSSR count). The molecule has 0 bridgehead atoms. The lowest BCUT2D eigenvalue weighted by atomic mass is 10.5. The van der Waals surface area contributed by atoms with Gasteiger partial charge in [-0.25, -0.2) is 0 Å². The molecular weight excluding hydrogens is 637 g/mol. The zero-order chi connectivity index (χ0) is 27.4. The molecule has 2 N–H and O–H groups in total. The van der Waals surface area contributed by atoms with Gasteiger partial charge in [-0.05, 0) is 12.2 Å². The van der Waals surface area contributed by atoms with Gasteiger partial charge in [-0.3, -0.25) is 18.6 Å². The maximum atomic E-state index is 12.1. The van der Waals surface area contributed by atoms with Crippen LogP contribution in [0.1, 0.15) is 25.7 Å². The monoisotopic (exact) mass is 674 g/mol. The van der Waals surface area contributed by atoms with Gasteiger partial charge in [0.2, 0.25) is 0 Å². The standard InChI is InChI=1S/C21H38O8S8/c22-5-7-28-19(24)2-10-31-14-30-9-1-13-37(27)18-35-16-34-17-36-21(26)4-12-33-15-32-11-3-20(25)29-8-6-23/h22-23H,1-18H2. The number of rotatable bonds is 27. The van der Waals surface area contributed by atoms with E-state index in [1.165, 1.54) is 11.8 Å². The van der Waals surface area contributed by atoms with E-state index in [2.05, 4.69) is 0 Å². The van der Waals surface area contributed by atoms with E-state index in [0.717, 1.165) is 33.2 Å². The quantitative estimate of drug-likeness (QED) is 0.0744. The number of thioether (sulfide) groups is 7. The SMILES string of the molecule is O=C(CCSCSCCCS(=O)CSCSCSC(=O)CCSCSCCC(=O)OCCO)OCCO. The first-order chi connectivity index (χ1) is 18.0. The smallest absolute Gasteiger partial charge is 0.306 e. The minimum atomic E-state index is -0.832. The molecule has 0 aliphatic heterocycles. The number of aliphatic hydroxyl groups is 2. The van der Waals surface area contributed by atoms with Crippen molar-refractivity contribution in [3.05, 3.63) is 0 Å². The molecule has 218 valence electrons. The van der Waals surface area contributed by atoms with Gasteiger partial charge < -0.3 is 19.7 Å². The van der Waals surface area contributed by atoms with E-state index < -0.39 is 10.8 Å². The fourth-order valence-electron chi connectivity index (χ4n) is 2.06. The Kier molecular flexibility index (Phi) is 31.0. The summed E-state index contributed by atoms with van der Waals surface area (Å²) in [5.41, 5.74) is 0. The molecule has 0 fully saturated rings. The van der Waals surface area contributed by atoms with Crippen molar-refractivity contribution in [1.29, 1.82) is 0 Å². The van der Waals surface area contributed by atoms with Crippen LogP contribution >= 0.6 is 82.3 Å². The molecule has 0 aliphatic rings. The molecule has 0 amide bonds. The molecule has 0 saturated carbocycles. The lowest BCUT2D eigenvalue weighted by Gasteiger charge is -2.05. The number of hydrogen-bond acceptors (Lipinski definition) is 15. The number of esters is 2. The van der Waals surface area contributed by atoms with Crippen LogP contribution in [-0.2, 0) is 34.7 Å². The molecule has 1 atom stereocenters. The van der Waals surface area contributed by atoms with Crippen molar-refractivity contribution in [1.82, 2.24) is 0 Å². The van der Waals surface area contributed by atoms with Crippen molar-refractivity contribution in [2.75, 3.05) is 80.6 Å². The third kappa shape index (κ3) is 29.9. The van der Waals surface area contributed by atoms with E-state index in [0.29, 0.717) is 46.7 Å². The summed E-state index contributed by atoms with van der Waals surface area (Å²) in [4.78, 5) is 34.5. The lowest BCUT2D eigenvalue weighted by molar-refractivity contribution is -0.144. The molecule has 0 aromatic heterocycles. The number of hydrogen-bond donors (Lipinski definition) is 2. The number of carbonyl (C=O) groups excluding carboxylic acids is 3. The van der Waals surface area contributed by atoms with Gasteiger partial charge >= 0.3 is 11.9 Å². The van der Waals surface area contributed by atoms with E-state index in [4.69, 9.17) is 19.7 Å². The van der Waals surface area contributed by atoms with E-state index in [1.807, 2.05) is 0 Å². The maximum Gasteiger partial charge on any atom is 0.306 e. The van der Waals surface area contributed by atoms with Gasteiger partial charge in [0, 0.05) is 60.6 Å². The molecule has 0 radical (unpaired) electrons. The molecule has 0 aromatic rings. The summed E-state index contributed by atoms with van der Waals surface area (Å²) in [6.45, 7) is -0.194. The number of ether oxygens (including phenoxy) is 2. The molecule has 8 nitrogen and oxygen atoms in total. The Morgan fingerprint density at radius 1 is 0.649 bits per heavy atom. The first-order valence-corrected chi connectivity index (χ1v) is 20.9. The van der Waals surface area contributed by atoms with Crippen molar-refractivity contribution in [2.24, 2.45) is 0 Å². The zero-order valence-corrected chi connectivity index (χ0v) is 27.4. The van der Waals surface area contributed by atoms with Crippen molar-refractivity contribution in [3.63, 3.8) is 0 Å². The van der Waals surface area contributed by atoms with Gasteiger partial charge in [-0.1, -0.05) is 11.8 Å². The molecule has 0 spiro atoms. The van der Waals surface area contributed by atoms with Crippen LogP contribution in [0.15, 0.2) is 0 Å². The highest BCUT2D eigenvalue weighted by Crippen LogP contribution is 2.22. The van der Waals surface area contributed by atoms with Crippen LogP contribution in [0.3, 0.4) is 0 Å². The predicted molar refractivity (Wildman–Crippen MR) is 170 cm³/mol. The van der Waals surface area contributed by atoms with E-state index in [-0.39, 0.29) is 43.5 Å². The molecular formula is C21H38O8S8. The third-order valence-corrected chi connectivity index (χ3v) is 13.9. The summed E-state index contributed by atoms with van der Waals surface area (Å²) < 4.78 is 21.6. The van der Waals surface area contributed by atoms with Gasteiger partial charge in [0.1, 0.15) is 13.2 Å². The summed E-state index contributed by atoms with van der Waals surface area (Å²) in [5, 5.41) is 21.2. The average Bonchev–Trinajstić information content (AvgIpc) is 2.89. The molecule has 0 saturated heterocycles. The topological polar surface area (TPSA) is 127 Å². The van der Waals surface area contributed by atoms with Crippen molar-refractivity contribution in [2.45, 2.75) is 25.7 Å². The van der Waals surface area contributed by atoms with E-state index in [9.17, 15) is 18.6 Å². The summed E-state index contributed by atoms with van der Waals surface area (Å²) in [6.07, 6.45) is 2.12. The molecule has 37 heavy (non-hydrogen) atoms. The van der Waals surface area contributed by atoms with Crippen LogP contribution in [0.5, 0.6) is 0 Å². The molecule has 0 aromatic carbocycles. The van der Waals surface area contributed by atoms with Crippen LogP contribution in [0, 0.1) is 0 Å². The highest BCUT2D eigenvalue weighted by atomic mass is 32.3. The third-order valence-electron chi connectivity index (χ3n) is 3.74. The second-order valence-corrected chi connectivity index (χ2v) is 17.6. The summed E-state index contributed by atoms with van der Waals surface area (Å²) in [6, 6.07) is 0. The minimum Gasteiger partial charge on any atom is -0.463 e. The van der Waals surface area contributed by atoms with Crippen LogP contribution in [0.4, 0.5) is 0 Å². The van der Waals surface area contributed by atoms with Crippen LogP contribution in [-0.4, -0.2) is 112 Å². The van der Waals surface area contributed by atoms with Crippen LogP contribution in [0.25, 0.3) is 0 Å². The molecule has 0 aliphatic carbocycles. The molecule has 0 heterocycles. The summed E-state index contributed by atoms with van der Waals surface area (Å²) >= 11 is 11.4. The van der Waals surface area contributed by atoms with Crippen molar-refractivity contribution >= 4 is 110 Å². The van der Waals surface area contributed by atoms with Crippen molar-refractivity contribution < 1.29 is 38.3 Å². The Hall–Kier alpha value is 1.13. The van der Waals surface area contributed by atoms with E-state index in [1.54, 1.807) is 70.6 Å². The lowest BCUT2D eigenvalue weighted by Crippen LogP contribution is -2.09. The minimum absolute atomic E-state index is 0.0483. The highest BCUT2D eigenvalue weighted by Gasteiger charge is 2.06. The van der Waals surface area contributed by atoms with E-state index >= 15 is 0 Å². The Morgan fingerprint density at radius 2 is 1.16 bits per heavy atom. The normalized spacial score (nSPS) is 11.8. The maximum absolute atomic E-state index is 12.1. The second-order valence-electron chi connectivity index (χ2n) is 6.78. The molecule has 1 unspecified atom stereocenters. The first-order valence-electron chi connectivity index (χ1n) is 11.5. The fourth-order valence-corrected chi connectivity index (χ4v) is 11.5. The second kappa shape index (κ2) is 30.1. The first kappa shape index (κ1) is 38.1. The number of carbonyl (C=O) groups is 3. The van der Waals surface area contributed by atoms with Gasteiger partial charge in [-0.2, -0.15) is 47.0 Å². The van der Waals surface area contributed by atoms with Gasteiger partial charge in [-0.15, -0.1) is 23.5 Å². The van der Waals surface area contributed by atoms with Gasteiger partial charge in [0.05, 0.1) is 31.1 Å². The summed E-state index contributed by atoms with van der Waals surface area (Å²) in [7, 11) is -0.832.